The van der Waals surface area contributed by atoms with Gasteiger partial charge in [0.05, 0.1) is 10.7 Å². The molecule has 0 aromatic heterocycles. The van der Waals surface area contributed by atoms with Crippen LogP contribution in [0.5, 0.6) is 0 Å². The van der Waals surface area contributed by atoms with Crippen LogP contribution in [0.1, 0.15) is 15.9 Å². The Morgan fingerprint density at radius 2 is 2.22 bits per heavy atom. The molecule has 0 spiro atoms. The third-order valence-corrected chi connectivity index (χ3v) is 2.45. The van der Waals surface area contributed by atoms with Crippen LogP contribution in [0, 0.1) is 6.92 Å². The fourth-order valence-corrected chi connectivity index (χ4v) is 1.56. The number of hydrogen-bond acceptors (Lipinski definition) is 3. The molecule has 0 unspecified atom stereocenters. The van der Waals surface area contributed by atoms with E-state index in [9.17, 15) is 9.59 Å². The van der Waals surface area contributed by atoms with Crippen molar-refractivity contribution in [3.8, 4) is 0 Å². The van der Waals surface area contributed by atoms with Crippen LogP contribution in [-0.4, -0.2) is 23.8 Å². The first kappa shape index (κ1) is 14.1. The molecule has 96 valence electrons. The van der Waals surface area contributed by atoms with Gasteiger partial charge in [0.25, 0.3) is 0 Å². The molecule has 0 radical (unpaired) electrons. The van der Waals surface area contributed by atoms with Crippen LogP contribution >= 0.6 is 11.6 Å². The first-order valence-electron chi connectivity index (χ1n) is 5.04. The molecular weight excluding hydrogens is 258 g/mol. The number of aromatic carboxylic acids is 1. The SMILES string of the molecule is C=CCOC(=O)Nc1c(C)ccc(Cl)c1C(=O)O. The van der Waals surface area contributed by atoms with E-state index in [2.05, 4.69) is 11.9 Å². The molecule has 1 rings (SSSR count). The summed E-state index contributed by atoms with van der Waals surface area (Å²) >= 11 is 5.80. The number of ether oxygens (including phenoxy) is 1. The van der Waals surface area contributed by atoms with Crippen LogP contribution in [-0.2, 0) is 4.74 Å². The predicted molar refractivity (Wildman–Crippen MR) is 68.3 cm³/mol. The summed E-state index contributed by atoms with van der Waals surface area (Å²) in [7, 11) is 0. The lowest BCUT2D eigenvalue weighted by atomic mass is 10.1. The summed E-state index contributed by atoms with van der Waals surface area (Å²) in [6.07, 6.45) is 0.644. The summed E-state index contributed by atoms with van der Waals surface area (Å²) in [6.45, 7) is 5.09. The molecule has 0 fully saturated rings. The van der Waals surface area contributed by atoms with Crippen molar-refractivity contribution in [1.29, 1.82) is 0 Å². The zero-order valence-corrected chi connectivity index (χ0v) is 10.5. The first-order chi connectivity index (χ1) is 8.47. The van der Waals surface area contributed by atoms with Crippen molar-refractivity contribution in [1.82, 2.24) is 0 Å². The normalized spacial score (nSPS) is 9.67. The van der Waals surface area contributed by atoms with Gasteiger partial charge < -0.3 is 9.84 Å². The fourth-order valence-electron chi connectivity index (χ4n) is 1.32. The summed E-state index contributed by atoms with van der Waals surface area (Å²) < 4.78 is 4.72. The summed E-state index contributed by atoms with van der Waals surface area (Å²) in [4.78, 5) is 22.5. The molecule has 0 saturated heterocycles. The molecule has 6 heteroatoms. The number of benzene rings is 1. The Balaban J connectivity index is 3.07. The highest BCUT2D eigenvalue weighted by atomic mass is 35.5. The smallest absolute Gasteiger partial charge is 0.411 e. The van der Waals surface area contributed by atoms with E-state index in [0.717, 1.165) is 0 Å². The number of amides is 1. The Morgan fingerprint density at radius 3 is 2.78 bits per heavy atom. The monoisotopic (exact) mass is 269 g/mol. The molecule has 0 atom stereocenters. The lowest BCUT2D eigenvalue weighted by Crippen LogP contribution is -2.17. The van der Waals surface area contributed by atoms with Crippen molar-refractivity contribution in [3.05, 3.63) is 40.9 Å². The van der Waals surface area contributed by atoms with Gasteiger partial charge in [0, 0.05) is 0 Å². The molecule has 1 amide bonds. The topological polar surface area (TPSA) is 75.6 Å². The summed E-state index contributed by atoms with van der Waals surface area (Å²) in [5, 5.41) is 11.5. The summed E-state index contributed by atoms with van der Waals surface area (Å²) in [6, 6.07) is 3.07. The highest BCUT2D eigenvalue weighted by molar-refractivity contribution is 6.34. The number of aryl methyl sites for hydroxylation is 1. The Kier molecular flexibility index (Phi) is 4.74. The van der Waals surface area contributed by atoms with Crippen LogP contribution in [0.3, 0.4) is 0 Å². The molecule has 0 aliphatic rings. The van der Waals surface area contributed by atoms with Gasteiger partial charge in [0.1, 0.15) is 12.2 Å². The summed E-state index contributed by atoms with van der Waals surface area (Å²) in [5.41, 5.74) is 0.545. The van der Waals surface area contributed by atoms with Crippen molar-refractivity contribution >= 4 is 29.4 Å². The average Bonchev–Trinajstić information content (AvgIpc) is 2.30. The van der Waals surface area contributed by atoms with Crippen molar-refractivity contribution in [2.45, 2.75) is 6.92 Å². The van der Waals surface area contributed by atoms with Gasteiger partial charge >= 0.3 is 12.1 Å². The number of hydrogen-bond donors (Lipinski definition) is 2. The Morgan fingerprint density at radius 1 is 1.56 bits per heavy atom. The van der Waals surface area contributed by atoms with Crippen molar-refractivity contribution in [3.63, 3.8) is 0 Å². The maximum Gasteiger partial charge on any atom is 0.411 e. The average molecular weight is 270 g/mol. The number of carbonyl (C=O) groups is 2. The first-order valence-corrected chi connectivity index (χ1v) is 5.42. The van der Waals surface area contributed by atoms with E-state index in [-0.39, 0.29) is 22.9 Å². The number of halogens is 1. The third kappa shape index (κ3) is 3.24. The quantitative estimate of drug-likeness (QED) is 0.824. The van der Waals surface area contributed by atoms with Gasteiger partial charge in [0.15, 0.2) is 0 Å². The Bertz CT molecular complexity index is 499. The van der Waals surface area contributed by atoms with Crippen LogP contribution in [0.25, 0.3) is 0 Å². The standard InChI is InChI=1S/C12H12ClNO4/c1-3-6-18-12(17)14-10-7(2)4-5-8(13)9(10)11(15)16/h3-5H,1,6H2,2H3,(H,14,17)(H,15,16). The lowest BCUT2D eigenvalue weighted by molar-refractivity contribution is 0.0698. The number of anilines is 1. The van der Waals surface area contributed by atoms with E-state index < -0.39 is 12.1 Å². The maximum absolute atomic E-state index is 11.4. The Hall–Kier alpha value is -2.01. The largest absolute Gasteiger partial charge is 0.478 e. The van der Waals surface area contributed by atoms with E-state index in [1.54, 1.807) is 13.0 Å². The van der Waals surface area contributed by atoms with Crippen LogP contribution in [0.2, 0.25) is 5.02 Å². The third-order valence-electron chi connectivity index (χ3n) is 2.14. The number of nitrogens with one attached hydrogen (secondary N) is 1. The minimum absolute atomic E-state index is 0.0356. The molecule has 18 heavy (non-hydrogen) atoms. The second kappa shape index (κ2) is 6.07. The van der Waals surface area contributed by atoms with Gasteiger partial charge in [-0.15, -0.1) is 0 Å². The molecule has 0 heterocycles. The number of carbonyl (C=O) groups excluding carboxylic acids is 1. The van der Waals surface area contributed by atoms with Gasteiger partial charge in [-0.1, -0.05) is 30.3 Å². The molecule has 0 aliphatic heterocycles. The molecule has 2 N–H and O–H groups in total. The maximum atomic E-state index is 11.4. The lowest BCUT2D eigenvalue weighted by Gasteiger charge is -2.12. The van der Waals surface area contributed by atoms with Gasteiger partial charge in [-0.05, 0) is 18.6 Å². The van der Waals surface area contributed by atoms with Gasteiger partial charge in [-0.3, -0.25) is 5.32 Å². The minimum atomic E-state index is -1.22. The van der Waals surface area contributed by atoms with E-state index in [1.807, 2.05) is 0 Å². The zero-order chi connectivity index (χ0) is 13.7. The number of carboxylic acids is 1. The number of carboxylic acid groups (broad SMARTS) is 1. The highest BCUT2D eigenvalue weighted by Crippen LogP contribution is 2.28. The molecule has 0 aliphatic carbocycles. The van der Waals surface area contributed by atoms with Crippen LogP contribution in [0.4, 0.5) is 10.5 Å². The van der Waals surface area contributed by atoms with E-state index in [0.29, 0.717) is 5.56 Å². The number of rotatable bonds is 4. The zero-order valence-electron chi connectivity index (χ0n) is 9.70. The minimum Gasteiger partial charge on any atom is -0.478 e. The molecule has 0 bridgehead atoms. The molecule has 1 aromatic rings. The molecule has 5 nitrogen and oxygen atoms in total. The van der Waals surface area contributed by atoms with E-state index in [1.165, 1.54) is 12.1 Å². The van der Waals surface area contributed by atoms with E-state index >= 15 is 0 Å². The fraction of sp³-hybridized carbons (Fsp3) is 0.167. The molecular formula is C12H12ClNO4. The van der Waals surface area contributed by atoms with Crippen molar-refractivity contribution in [2.75, 3.05) is 11.9 Å². The second-order valence-electron chi connectivity index (χ2n) is 3.43. The molecule has 0 saturated carbocycles. The Labute approximate surface area is 109 Å². The predicted octanol–water partition coefficient (Wildman–Crippen LogP) is 3.08. The van der Waals surface area contributed by atoms with Crippen molar-refractivity contribution in [2.24, 2.45) is 0 Å². The highest BCUT2D eigenvalue weighted by Gasteiger charge is 2.18. The van der Waals surface area contributed by atoms with Crippen molar-refractivity contribution < 1.29 is 19.4 Å². The van der Waals surface area contributed by atoms with Crippen LogP contribution in [0.15, 0.2) is 24.8 Å². The second-order valence-corrected chi connectivity index (χ2v) is 3.84. The molecule has 1 aromatic carbocycles. The summed E-state index contributed by atoms with van der Waals surface area (Å²) in [5.74, 6) is -1.22. The van der Waals surface area contributed by atoms with Crippen LogP contribution < -0.4 is 5.32 Å². The van der Waals surface area contributed by atoms with Gasteiger partial charge in [0.2, 0.25) is 0 Å². The van der Waals surface area contributed by atoms with E-state index in [4.69, 9.17) is 21.4 Å². The van der Waals surface area contributed by atoms with Gasteiger partial charge in [-0.25, -0.2) is 9.59 Å². The van der Waals surface area contributed by atoms with Gasteiger partial charge in [-0.2, -0.15) is 0 Å².